The van der Waals surface area contributed by atoms with Gasteiger partial charge in [-0.25, -0.2) is 0 Å². The molecule has 0 bridgehead atoms. The molecule has 0 unspecified atom stereocenters. The average Bonchev–Trinajstić information content (AvgIpc) is 3.01. The third-order valence-corrected chi connectivity index (χ3v) is 4.46. The summed E-state index contributed by atoms with van der Waals surface area (Å²) in [6.45, 7) is 0.513. The molecule has 1 heterocycles. The summed E-state index contributed by atoms with van der Waals surface area (Å²) in [4.78, 5) is 1.21. The van der Waals surface area contributed by atoms with Crippen LogP contribution in [0.3, 0.4) is 0 Å². The van der Waals surface area contributed by atoms with E-state index in [-0.39, 0.29) is 13.6 Å². The van der Waals surface area contributed by atoms with E-state index in [1.54, 1.807) is 25.6 Å². The van der Waals surface area contributed by atoms with Gasteiger partial charge in [-0.2, -0.15) is 0 Å². The fourth-order valence-electron chi connectivity index (χ4n) is 2.21. The van der Waals surface area contributed by atoms with Crippen molar-refractivity contribution in [2.45, 2.75) is 0 Å². The number of benzene rings is 2. The second kappa shape index (κ2) is 7.46. The van der Waals surface area contributed by atoms with Crippen LogP contribution in [0.25, 0.3) is 20.5 Å². The molecule has 0 aliphatic carbocycles. The van der Waals surface area contributed by atoms with Gasteiger partial charge in [-0.1, -0.05) is 0 Å². The van der Waals surface area contributed by atoms with Gasteiger partial charge in [-0.3, -0.25) is 0 Å². The van der Waals surface area contributed by atoms with Crippen molar-refractivity contribution >= 4 is 21.4 Å². The molecule has 1 aromatic heterocycles. The highest BCUT2D eigenvalue weighted by Crippen LogP contribution is 2.35. The first-order valence-corrected chi connectivity index (χ1v) is 7.99. The fraction of sp³-hybridized carbons (Fsp3) is 0.222. The zero-order valence-electron chi connectivity index (χ0n) is 13.1. The standard InChI is InChI=1S/C18H18O4S/c1-19-11-21-15-6-3-13(4-7-15)17-9-14-5-8-16(22-12-20-2)10-18(14)23-17/h3-10H,11-12H2,1-2H3. The number of ether oxygens (including phenoxy) is 4. The maximum atomic E-state index is 5.49. The first-order valence-electron chi connectivity index (χ1n) is 7.17. The van der Waals surface area contributed by atoms with E-state index in [1.807, 2.05) is 24.3 Å². The third kappa shape index (κ3) is 3.82. The van der Waals surface area contributed by atoms with Crippen LogP contribution in [0.15, 0.2) is 48.5 Å². The van der Waals surface area contributed by atoms with Gasteiger partial charge in [0, 0.05) is 23.8 Å². The van der Waals surface area contributed by atoms with E-state index >= 15 is 0 Å². The molecular weight excluding hydrogens is 312 g/mol. The first kappa shape index (κ1) is 15.8. The molecule has 2 aromatic carbocycles. The zero-order chi connectivity index (χ0) is 16.1. The Morgan fingerprint density at radius 2 is 1.43 bits per heavy atom. The first-order chi connectivity index (χ1) is 11.3. The highest BCUT2D eigenvalue weighted by molar-refractivity contribution is 7.22. The zero-order valence-corrected chi connectivity index (χ0v) is 13.9. The molecule has 0 saturated carbocycles. The summed E-state index contributed by atoms with van der Waals surface area (Å²) in [5.74, 6) is 1.61. The van der Waals surface area contributed by atoms with E-state index in [0.29, 0.717) is 0 Å². The summed E-state index contributed by atoms with van der Waals surface area (Å²) in [6.07, 6.45) is 0. The molecule has 0 radical (unpaired) electrons. The van der Waals surface area contributed by atoms with Crippen LogP contribution < -0.4 is 9.47 Å². The van der Waals surface area contributed by atoms with E-state index in [1.165, 1.54) is 15.0 Å². The summed E-state index contributed by atoms with van der Waals surface area (Å²) in [6, 6.07) is 16.3. The highest BCUT2D eigenvalue weighted by Gasteiger charge is 2.06. The van der Waals surface area contributed by atoms with Gasteiger partial charge in [-0.15, -0.1) is 11.3 Å². The van der Waals surface area contributed by atoms with Crippen LogP contribution in [0.5, 0.6) is 11.5 Å². The van der Waals surface area contributed by atoms with Crippen molar-refractivity contribution in [3.05, 3.63) is 48.5 Å². The molecule has 23 heavy (non-hydrogen) atoms. The molecule has 0 aliphatic heterocycles. The quantitative estimate of drug-likeness (QED) is 0.596. The van der Waals surface area contributed by atoms with E-state index in [9.17, 15) is 0 Å². The van der Waals surface area contributed by atoms with Crippen LogP contribution in [-0.2, 0) is 9.47 Å². The summed E-state index contributed by atoms with van der Waals surface area (Å²) in [7, 11) is 3.22. The normalized spacial score (nSPS) is 10.9. The van der Waals surface area contributed by atoms with Crippen LogP contribution in [0.1, 0.15) is 0 Å². The number of fused-ring (bicyclic) bond motifs is 1. The Bertz CT molecular complexity index is 764. The predicted octanol–water partition coefficient (Wildman–Crippen LogP) is 4.53. The molecule has 0 saturated heterocycles. The topological polar surface area (TPSA) is 36.9 Å². The Morgan fingerprint density at radius 1 is 0.783 bits per heavy atom. The molecule has 3 rings (SSSR count). The van der Waals surface area contributed by atoms with Crippen molar-refractivity contribution in [2.24, 2.45) is 0 Å². The molecule has 3 aromatic rings. The van der Waals surface area contributed by atoms with Gasteiger partial charge in [-0.05, 0) is 59.5 Å². The lowest BCUT2D eigenvalue weighted by atomic mass is 10.1. The largest absolute Gasteiger partial charge is 0.468 e. The summed E-state index contributed by atoms with van der Waals surface area (Å²) >= 11 is 1.74. The van der Waals surface area contributed by atoms with Crippen molar-refractivity contribution in [1.82, 2.24) is 0 Å². The van der Waals surface area contributed by atoms with E-state index < -0.39 is 0 Å². The Labute approximate surface area is 139 Å². The Morgan fingerprint density at radius 3 is 2.13 bits per heavy atom. The molecular formula is C18H18O4S. The number of methoxy groups -OCH3 is 2. The maximum absolute atomic E-state index is 5.49. The second-order valence-corrected chi connectivity index (χ2v) is 6.02. The predicted molar refractivity (Wildman–Crippen MR) is 92.3 cm³/mol. The summed E-state index contributed by atoms with van der Waals surface area (Å²) in [5.41, 5.74) is 1.16. The van der Waals surface area contributed by atoms with Gasteiger partial charge in [0.1, 0.15) is 11.5 Å². The van der Waals surface area contributed by atoms with Crippen LogP contribution in [0, 0.1) is 0 Å². The van der Waals surface area contributed by atoms with Gasteiger partial charge in [0.15, 0.2) is 13.6 Å². The molecule has 0 atom stereocenters. The van der Waals surface area contributed by atoms with E-state index in [4.69, 9.17) is 18.9 Å². The Hall–Kier alpha value is -2.08. The Kier molecular flexibility index (Phi) is 5.12. The Balaban J connectivity index is 1.82. The summed E-state index contributed by atoms with van der Waals surface area (Å²) < 4.78 is 21.9. The van der Waals surface area contributed by atoms with Crippen molar-refractivity contribution in [2.75, 3.05) is 27.8 Å². The SMILES string of the molecule is COCOc1ccc(-c2cc3ccc(OCOC)cc3s2)cc1. The van der Waals surface area contributed by atoms with Crippen LogP contribution in [0.2, 0.25) is 0 Å². The molecule has 120 valence electrons. The minimum Gasteiger partial charge on any atom is -0.468 e. The lowest BCUT2D eigenvalue weighted by Crippen LogP contribution is -1.98. The maximum Gasteiger partial charge on any atom is 0.188 e. The van der Waals surface area contributed by atoms with Crippen LogP contribution >= 0.6 is 11.3 Å². The molecule has 0 aliphatic rings. The van der Waals surface area contributed by atoms with Gasteiger partial charge < -0.3 is 18.9 Å². The lowest BCUT2D eigenvalue weighted by Gasteiger charge is -2.04. The lowest BCUT2D eigenvalue weighted by molar-refractivity contribution is 0.0510. The van der Waals surface area contributed by atoms with Gasteiger partial charge in [0.2, 0.25) is 0 Å². The van der Waals surface area contributed by atoms with Crippen molar-refractivity contribution in [1.29, 1.82) is 0 Å². The molecule has 0 fully saturated rings. The highest BCUT2D eigenvalue weighted by atomic mass is 32.1. The third-order valence-electron chi connectivity index (χ3n) is 3.32. The van der Waals surface area contributed by atoms with Crippen molar-refractivity contribution in [3.63, 3.8) is 0 Å². The molecule has 5 heteroatoms. The number of rotatable bonds is 7. The van der Waals surface area contributed by atoms with E-state index in [0.717, 1.165) is 17.1 Å². The minimum atomic E-state index is 0.256. The number of thiophene rings is 1. The minimum absolute atomic E-state index is 0.256. The fourth-order valence-corrected chi connectivity index (χ4v) is 3.31. The summed E-state index contributed by atoms with van der Waals surface area (Å²) in [5, 5.41) is 1.20. The number of hydrogen-bond acceptors (Lipinski definition) is 5. The van der Waals surface area contributed by atoms with Gasteiger partial charge in [0.05, 0.1) is 0 Å². The van der Waals surface area contributed by atoms with Crippen LogP contribution in [0.4, 0.5) is 0 Å². The van der Waals surface area contributed by atoms with Crippen molar-refractivity contribution < 1.29 is 18.9 Å². The smallest absolute Gasteiger partial charge is 0.188 e. The monoisotopic (exact) mass is 330 g/mol. The second-order valence-electron chi connectivity index (χ2n) is 4.94. The molecule has 0 amide bonds. The molecule has 4 nitrogen and oxygen atoms in total. The van der Waals surface area contributed by atoms with Crippen LogP contribution in [-0.4, -0.2) is 27.8 Å². The molecule has 0 N–H and O–H groups in total. The molecule has 0 spiro atoms. The van der Waals surface area contributed by atoms with Gasteiger partial charge in [0.25, 0.3) is 0 Å². The van der Waals surface area contributed by atoms with Crippen molar-refractivity contribution in [3.8, 4) is 21.9 Å². The van der Waals surface area contributed by atoms with E-state index in [2.05, 4.69) is 24.3 Å². The van der Waals surface area contributed by atoms with Gasteiger partial charge >= 0.3 is 0 Å². The average molecular weight is 330 g/mol. The number of hydrogen-bond donors (Lipinski definition) is 0.